The number of amides is 1. The fraction of sp³-hybridized carbons (Fsp3) is 0.200. The van der Waals surface area contributed by atoms with Crippen LogP contribution in [-0.4, -0.2) is 25.6 Å². The van der Waals surface area contributed by atoms with E-state index in [0.717, 1.165) is 4.88 Å². The number of halogens is 1. The maximum atomic E-state index is 14.4. The summed E-state index contributed by atoms with van der Waals surface area (Å²) < 4.78 is 21.3. The van der Waals surface area contributed by atoms with Crippen LogP contribution in [0, 0.1) is 12.7 Å². The van der Waals surface area contributed by atoms with E-state index in [0.29, 0.717) is 35.2 Å². The first-order chi connectivity index (χ1) is 14.1. The predicted octanol–water partition coefficient (Wildman–Crippen LogP) is 3.68. The Morgan fingerprint density at radius 1 is 1.34 bits per heavy atom. The summed E-state index contributed by atoms with van der Waals surface area (Å²) in [5.41, 5.74) is 1.10. The van der Waals surface area contributed by atoms with E-state index in [4.69, 9.17) is 4.52 Å². The Hall–Kier alpha value is -3.33. The minimum absolute atomic E-state index is 0.171. The zero-order chi connectivity index (χ0) is 20.2. The van der Waals surface area contributed by atoms with Crippen molar-refractivity contribution in [3.63, 3.8) is 0 Å². The molecular formula is C20H18FN5O2S. The van der Waals surface area contributed by atoms with Crippen LogP contribution < -0.4 is 5.32 Å². The second-order valence-electron chi connectivity index (χ2n) is 6.40. The molecule has 1 N–H and O–H groups in total. The Bertz CT molecular complexity index is 1120. The van der Waals surface area contributed by atoms with Gasteiger partial charge in [0.1, 0.15) is 11.6 Å². The van der Waals surface area contributed by atoms with Crippen LogP contribution in [0.1, 0.15) is 23.7 Å². The lowest BCUT2D eigenvalue weighted by Gasteiger charge is -2.09. The number of rotatable bonds is 7. The molecule has 1 amide bonds. The van der Waals surface area contributed by atoms with Gasteiger partial charge in [-0.3, -0.25) is 4.79 Å². The van der Waals surface area contributed by atoms with Crippen molar-refractivity contribution in [2.24, 2.45) is 0 Å². The van der Waals surface area contributed by atoms with Crippen molar-refractivity contribution in [2.45, 2.75) is 26.3 Å². The van der Waals surface area contributed by atoms with Gasteiger partial charge in [0.25, 0.3) is 0 Å². The number of aromatic nitrogens is 4. The predicted molar refractivity (Wildman–Crippen MR) is 106 cm³/mol. The monoisotopic (exact) mass is 411 g/mol. The Morgan fingerprint density at radius 3 is 2.97 bits per heavy atom. The molecule has 4 aromatic rings. The molecule has 0 aliphatic carbocycles. The zero-order valence-electron chi connectivity index (χ0n) is 15.6. The molecule has 4 rings (SSSR count). The van der Waals surface area contributed by atoms with Crippen molar-refractivity contribution >= 4 is 17.2 Å². The largest absolute Gasteiger partial charge is 0.352 e. The Balaban J connectivity index is 1.30. The maximum absolute atomic E-state index is 14.4. The quantitative estimate of drug-likeness (QED) is 0.501. The number of thiophene rings is 1. The van der Waals surface area contributed by atoms with Crippen molar-refractivity contribution in [2.75, 3.05) is 0 Å². The van der Waals surface area contributed by atoms with Gasteiger partial charge < -0.3 is 14.4 Å². The lowest BCUT2D eigenvalue weighted by molar-refractivity contribution is -0.121. The molecule has 0 spiro atoms. The van der Waals surface area contributed by atoms with E-state index in [1.807, 2.05) is 17.5 Å². The molecule has 0 atom stereocenters. The standard InChI is InChI=1S/C20H18FN5O2S/c1-13-22-8-9-26(13)16-5-4-14(11-15(16)21)12-23-18(27)6-7-19-24-20(25-28-19)17-3-2-10-29-17/h2-5,8-11H,6-7,12H2,1H3,(H,23,27). The van der Waals surface area contributed by atoms with Crippen LogP contribution in [-0.2, 0) is 17.8 Å². The van der Waals surface area contributed by atoms with Gasteiger partial charge in [-0.05, 0) is 36.1 Å². The molecule has 0 saturated heterocycles. The number of benzene rings is 1. The van der Waals surface area contributed by atoms with Crippen LogP contribution in [0.15, 0.2) is 52.6 Å². The van der Waals surface area contributed by atoms with Crippen LogP contribution in [0.2, 0.25) is 0 Å². The number of nitrogens with zero attached hydrogens (tertiary/aromatic N) is 4. The first kappa shape index (κ1) is 19.0. The van der Waals surface area contributed by atoms with Crippen molar-refractivity contribution in [1.82, 2.24) is 25.0 Å². The molecule has 7 nitrogen and oxygen atoms in total. The molecule has 0 fully saturated rings. The van der Waals surface area contributed by atoms with Crippen LogP contribution in [0.25, 0.3) is 16.4 Å². The SMILES string of the molecule is Cc1nccn1-c1ccc(CNC(=O)CCc2nc(-c3cccs3)no2)cc1F. The third kappa shape index (κ3) is 4.40. The van der Waals surface area contributed by atoms with Gasteiger partial charge in [-0.1, -0.05) is 17.3 Å². The third-order valence-electron chi connectivity index (χ3n) is 4.36. The fourth-order valence-electron chi connectivity index (χ4n) is 2.86. The topological polar surface area (TPSA) is 85.8 Å². The summed E-state index contributed by atoms with van der Waals surface area (Å²) in [5.74, 6) is 1.10. The molecule has 29 heavy (non-hydrogen) atoms. The molecule has 0 unspecified atom stereocenters. The second kappa shape index (κ2) is 8.36. The average Bonchev–Trinajstić information content (AvgIpc) is 3.46. The Kier molecular flexibility index (Phi) is 5.48. The normalized spacial score (nSPS) is 11.0. The van der Waals surface area contributed by atoms with Gasteiger partial charge in [0, 0.05) is 31.8 Å². The van der Waals surface area contributed by atoms with Gasteiger partial charge in [0.05, 0.1) is 10.6 Å². The highest BCUT2D eigenvalue weighted by Crippen LogP contribution is 2.21. The van der Waals surface area contributed by atoms with E-state index in [1.165, 1.54) is 17.4 Å². The van der Waals surface area contributed by atoms with Crippen LogP contribution >= 0.6 is 11.3 Å². The minimum atomic E-state index is -0.371. The number of carbonyl (C=O) groups is 1. The molecule has 0 aliphatic rings. The number of imidazole rings is 1. The van der Waals surface area contributed by atoms with Crippen molar-refractivity contribution in [1.29, 1.82) is 0 Å². The molecule has 3 heterocycles. The van der Waals surface area contributed by atoms with E-state index in [-0.39, 0.29) is 24.7 Å². The molecule has 0 bridgehead atoms. The van der Waals surface area contributed by atoms with Crippen molar-refractivity contribution < 1.29 is 13.7 Å². The van der Waals surface area contributed by atoms with Gasteiger partial charge in [-0.2, -0.15) is 4.98 Å². The summed E-state index contributed by atoms with van der Waals surface area (Å²) in [6, 6.07) is 8.69. The molecule has 0 aliphatic heterocycles. The minimum Gasteiger partial charge on any atom is -0.352 e. The number of hydrogen-bond donors (Lipinski definition) is 1. The second-order valence-corrected chi connectivity index (χ2v) is 7.34. The van der Waals surface area contributed by atoms with Crippen LogP contribution in [0.3, 0.4) is 0 Å². The summed E-state index contributed by atoms with van der Waals surface area (Å²) in [6.07, 6.45) is 3.88. The summed E-state index contributed by atoms with van der Waals surface area (Å²) in [7, 11) is 0. The number of nitrogens with one attached hydrogen (secondary N) is 1. The molecule has 0 radical (unpaired) electrons. The van der Waals surface area contributed by atoms with Gasteiger partial charge in [-0.15, -0.1) is 11.3 Å². The first-order valence-corrected chi connectivity index (χ1v) is 9.90. The lowest BCUT2D eigenvalue weighted by atomic mass is 10.2. The zero-order valence-corrected chi connectivity index (χ0v) is 16.4. The Morgan fingerprint density at radius 2 is 2.24 bits per heavy atom. The highest BCUT2D eigenvalue weighted by Gasteiger charge is 2.12. The van der Waals surface area contributed by atoms with Crippen molar-refractivity contribution in [3.05, 3.63) is 71.2 Å². The van der Waals surface area contributed by atoms with Gasteiger partial charge in [-0.25, -0.2) is 9.37 Å². The highest BCUT2D eigenvalue weighted by molar-refractivity contribution is 7.13. The molecule has 148 valence electrons. The highest BCUT2D eigenvalue weighted by atomic mass is 32.1. The summed E-state index contributed by atoms with van der Waals surface area (Å²) >= 11 is 1.52. The summed E-state index contributed by atoms with van der Waals surface area (Å²) in [4.78, 5) is 21.4. The lowest BCUT2D eigenvalue weighted by Crippen LogP contribution is -2.23. The Labute approximate surface area is 170 Å². The molecule has 0 saturated carbocycles. The third-order valence-corrected chi connectivity index (χ3v) is 5.23. The van der Waals surface area contributed by atoms with E-state index in [9.17, 15) is 9.18 Å². The van der Waals surface area contributed by atoms with Gasteiger partial charge in [0.2, 0.25) is 17.6 Å². The van der Waals surface area contributed by atoms with Gasteiger partial charge in [0.15, 0.2) is 0 Å². The number of carbonyl (C=O) groups excluding carboxylic acids is 1. The summed E-state index contributed by atoms with van der Waals surface area (Å²) in [6.45, 7) is 2.05. The van der Waals surface area contributed by atoms with Crippen LogP contribution in [0.5, 0.6) is 0 Å². The average molecular weight is 411 g/mol. The number of aryl methyl sites for hydroxylation is 2. The smallest absolute Gasteiger partial charge is 0.227 e. The van der Waals surface area contributed by atoms with E-state index >= 15 is 0 Å². The maximum Gasteiger partial charge on any atom is 0.227 e. The van der Waals surface area contributed by atoms with E-state index in [2.05, 4.69) is 20.4 Å². The number of hydrogen-bond acceptors (Lipinski definition) is 6. The van der Waals surface area contributed by atoms with Gasteiger partial charge >= 0.3 is 0 Å². The molecular weight excluding hydrogens is 393 g/mol. The molecule has 1 aromatic carbocycles. The first-order valence-electron chi connectivity index (χ1n) is 9.02. The molecule has 3 aromatic heterocycles. The van der Waals surface area contributed by atoms with E-state index in [1.54, 1.807) is 36.0 Å². The fourth-order valence-corrected chi connectivity index (χ4v) is 3.51. The van der Waals surface area contributed by atoms with E-state index < -0.39 is 0 Å². The van der Waals surface area contributed by atoms with Crippen molar-refractivity contribution in [3.8, 4) is 16.4 Å². The molecule has 9 heteroatoms. The van der Waals surface area contributed by atoms with Crippen LogP contribution in [0.4, 0.5) is 4.39 Å². The summed E-state index contributed by atoms with van der Waals surface area (Å²) in [5, 5.41) is 8.64.